The molecule has 7 nitrogen and oxygen atoms in total. The lowest BCUT2D eigenvalue weighted by atomic mass is 10.2. The third-order valence-electron chi connectivity index (χ3n) is 3.96. The second-order valence-corrected chi connectivity index (χ2v) is 7.45. The number of thioether (sulfide) groups is 1. The predicted octanol–water partition coefficient (Wildman–Crippen LogP) is 3.37. The molecule has 1 aromatic heterocycles. The Morgan fingerprint density at radius 1 is 1.14 bits per heavy atom. The fraction of sp³-hybridized carbons (Fsp3) is 0.200. The molecule has 1 heterocycles. The smallest absolute Gasteiger partial charge is 0.321 e. The van der Waals surface area contributed by atoms with Crippen LogP contribution in [-0.2, 0) is 4.79 Å². The zero-order chi connectivity index (χ0) is 20.8. The van der Waals surface area contributed by atoms with Gasteiger partial charge in [-0.15, -0.1) is 0 Å². The molecule has 0 aliphatic heterocycles. The molecule has 150 valence electrons. The van der Waals surface area contributed by atoms with Crippen molar-refractivity contribution in [2.75, 3.05) is 12.3 Å². The van der Waals surface area contributed by atoms with E-state index in [0.29, 0.717) is 33.3 Å². The van der Waals surface area contributed by atoms with Crippen molar-refractivity contribution in [2.24, 2.45) is 0 Å². The van der Waals surface area contributed by atoms with Crippen molar-refractivity contribution in [1.82, 2.24) is 20.2 Å². The first kappa shape index (κ1) is 20.9. The van der Waals surface area contributed by atoms with E-state index < -0.39 is 11.9 Å². The number of benzene rings is 2. The SMILES string of the molecule is CCCNC(=O)NC(=O)CSc1nc2ccccc2c(=O)n1-c1ccccc1Cl. The molecule has 0 saturated heterocycles. The Morgan fingerprint density at radius 3 is 2.62 bits per heavy atom. The lowest BCUT2D eigenvalue weighted by molar-refractivity contribution is -0.117. The Labute approximate surface area is 176 Å². The van der Waals surface area contributed by atoms with Crippen molar-refractivity contribution in [3.8, 4) is 5.69 Å². The van der Waals surface area contributed by atoms with Gasteiger partial charge in [0.15, 0.2) is 5.16 Å². The van der Waals surface area contributed by atoms with Gasteiger partial charge in [0.25, 0.3) is 5.56 Å². The van der Waals surface area contributed by atoms with Gasteiger partial charge in [-0.3, -0.25) is 19.5 Å². The van der Waals surface area contributed by atoms with Crippen LogP contribution in [-0.4, -0.2) is 33.8 Å². The van der Waals surface area contributed by atoms with Crippen LogP contribution in [0.2, 0.25) is 5.02 Å². The van der Waals surface area contributed by atoms with Gasteiger partial charge in [-0.2, -0.15) is 0 Å². The van der Waals surface area contributed by atoms with Crippen LogP contribution in [0.1, 0.15) is 13.3 Å². The van der Waals surface area contributed by atoms with Crippen molar-refractivity contribution in [1.29, 1.82) is 0 Å². The van der Waals surface area contributed by atoms with Crippen molar-refractivity contribution in [3.63, 3.8) is 0 Å². The predicted molar refractivity (Wildman–Crippen MR) is 115 cm³/mol. The highest BCUT2D eigenvalue weighted by molar-refractivity contribution is 7.99. The van der Waals surface area contributed by atoms with Crippen molar-refractivity contribution < 1.29 is 9.59 Å². The summed E-state index contributed by atoms with van der Waals surface area (Å²) < 4.78 is 1.39. The van der Waals surface area contributed by atoms with E-state index in [1.54, 1.807) is 48.5 Å². The first-order chi connectivity index (χ1) is 14.0. The molecule has 0 aliphatic carbocycles. The van der Waals surface area contributed by atoms with E-state index >= 15 is 0 Å². The van der Waals surface area contributed by atoms with E-state index in [1.807, 2.05) is 6.92 Å². The number of fused-ring (bicyclic) bond motifs is 1. The maximum absolute atomic E-state index is 13.1. The maximum atomic E-state index is 13.1. The van der Waals surface area contributed by atoms with E-state index in [9.17, 15) is 14.4 Å². The molecule has 0 saturated carbocycles. The van der Waals surface area contributed by atoms with Gasteiger partial charge in [0.05, 0.1) is 27.4 Å². The van der Waals surface area contributed by atoms with Gasteiger partial charge in [-0.25, -0.2) is 9.78 Å². The van der Waals surface area contributed by atoms with Gasteiger partial charge in [0.2, 0.25) is 5.91 Å². The number of nitrogens with zero attached hydrogens (tertiary/aromatic N) is 2. The van der Waals surface area contributed by atoms with Crippen molar-refractivity contribution >= 4 is 46.2 Å². The molecule has 0 radical (unpaired) electrons. The quantitative estimate of drug-likeness (QED) is 0.462. The fourth-order valence-electron chi connectivity index (χ4n) is 2.63. The number of para-hydroxylation sites is 2. The molecule has 0 unspecified atom stereocenters. The second-order valence-electron chi connectivity index (χ2n) is 6.10. The molecule has 3 aromatic rings. The van der Waals surface area contributed by atoms with Crippen molar-refractivity contribution in [2.45, 2.75) is 18.5 Å². The average molecular weight is 431 g/mol. The van der Waals surface area contributed by atoms with Crippen LogP contribution in [0.25, 0.3) is 16.6 Å². The molecule has 2 N–H and O–H groups in total. The van der Waals surface area contributed by atoms with Crippen LogP contribution in [0.5, 0.6) is 0 Å². The summed E-state index contributed by atoms with van der Waals surface area (Å²) in [7, 11) is 0. The molecule has 3 amide bonds. The number of hydrogen-bond acceptors (Lipinski definition) is 5. The normalized spacial score (nSPS) is 10.7. The molecular weight excluding hydrogens is 412 g/mol. The van der Waals surface area contributed by atoms with E-state index in [-0.39, 0.29) is 11.3 Å². The van der Waals surface area contributed by atoms with Gasteiger partial charge in [-0.1, -0.05) is 54.6 Å². The van der Waals surface area contributed by atoms with Crippen LogP contribution in [0.3, 0.4) is 0 Å². The summed E-state index contributed by atoms with van der Waals surface area (Å²) in [5.74, 6) is -0.578. The summed E-state index contributed by atoms with van der Waals surface area (Å²) in [6.07, 6.45) is 0.765. The number of nitrogens with one attached hydrogen (secondary N) is 2. The second kappa shape index (κ2) is 9.58. The third-order valence-corrected chi connectivity index (χ3v) is 5.22. The molecular formula is C20H19ClN4O3S. The lowest BCUT2D eigenvalue weighted by Crippen LogP contribution is -2.40. The number of halogens is 1. The number of aromatic nitrogens is 2. The summed E-state index contributed by atoms with van der Waals surface area (Å²) in [6.45, 7) is 2.39. The number of amides is 3. The van der Waals surface area contributed by atoms with E-state index in [1.165, 1.54) is 4.57 Å². The molecule has 0 fully saturated rings. The number of imide groups is 1. The zero-order valence-electron chi connectivity index (χ0n) is 15.6. The minimum atomic E-state index is -0.549. The molecule has 0 bridgehead atoms. The van der Waals surface area contributed by atoms with E-state index in [0.717, 1.165) is 18.2 Å². The average Bonchev–Trinajstić information content (AvgIpc) is 2.72. The fourth-order valence-corrected chi connectivity index (χ4v) is 3.66. The highest BCUT2D eigenvalue weighted by Gasteiger charge is 2.17. The summed E-state index contributed by atoms with van der Waals surface area (Å²) in [6, 6.07) is 13.3. The van der Waals surface area contributed by atoms with Crippen LogP contribution in [0, 0.1) is 0 Å². The topological polar surface area (TPSA) is 93.1 Å². The van der Waals surface area contributed by atoms with Gasteiger partial charge >= 0.3 is 6.03 Å². The molecule has 0 aliphatic rings. The van der Waals surface area contributed by atoms with Gasteiger partial charge in [0.1, 0.15) is 0 Å². The molecule has 9 heteroatoms. The Balaban J connectivity index is 1.93. The van der Waals surface area contributed by atoms with Gasteiger partial charge in [0, 0.05) is 6.54 Å². The van der Waals surface area contributed by atoms with E-state index in [4.69, 9.17) is 11.6 Å². The summed E-state index contributed by atoms with van der Waals surface area (Å²) in [5, 5.41) is 5.97. The Kier molecular flexibility index (Phi) is 6.90. The maximum Gasteiger partial charge on any atom is 0.321 e. The van der Waals surface area contributed by atoms with Crippen LogP contribution in [0.4, 0.5) is 4.79 Å². The Hall–Kier alpha value is -2.84. The Morgan fingerprint density at radius 2 is 1.86 bits per heavy atom. The first-order valence-corrected chi connectivity index (χ1v) is 10.3. The van der Waals surface area contributed by atoms with E-state index in [2.05, 4.69) is 15.6 Å². The number of urea groups is 1. The first-order valence-electron chi connectivity index (χ1n) is 8.98. The van der Waals surface area contributed by atoms with Crippen LogP contribution < -0.4 is 16.2 Å². The number of rotatable bonds is 6. The van der Waals surface area contributed by atoms with Crippen LogP contribution >= 0.6 is 23.4 Å². The highest BCUT2D eigenvalue weighted by Crippen LogP contribution is 2.25. The molecule has 3 rings (SSSR count). The largest absolute Gasteiger partial charge is 0.338 e. The summed E-state index contributed by atoms with van der Waals surface area (Å²) in [5.41, 5.74) is 0.706. The summed E-state index contributed by atoms with van der Waals surface area (Å²) in [4.78, 5) is 41.4. The molecule has 29 heavy (non-hydrogen) atoms. The standard InChI is InChI=1S/C20H19ClN4O3S/c1-2-11-22-19(28)24-17(26)12-29-20-23-15-9-5-3-7-13(15)18(27)25(20)16-10-6-4-8-14(16)21/h3-10H,2,11-12H2,1H3,(H2,22,24,26,28). The Bertz CT molecular complexity index is 1120. The number of carbonyl (C=O) groups is 2. The lowest BCUT2D eigenvalue weighted by Gasteiger charge is -2.14. The minimum Gasteiger partial charge on any atom is -0.338 e. The minimum absolute atomic E-state index is 0.0885. The third kappa shape index (κ3) is 4.96. The molecule has 0 spiro atoms. The molecule has 2 aromatic carbocycles. The van der Waals surface area contributed by atoms with Gasteiger partial charge in [-0.05, 0) is 30.7 Å². The zero-order valence-corrected chi connectivity index (χ0v) is 17.2. The monoisotopic (exact) mass is 430 g/mol. The number of hydrogen-bond donors (Lipinski definition) is 2. The van der Waals surface area contributed by atoms with Gasteiger partial charge < -0.3 is 5.32 Å². The molecule has 0 atom stereocenters. The highest BCUT2D eigenvalue weighted by atomic mass is 35.5. The van der Waals surface area contributed by atoms with Crippen LogP contribution in [0.15, 0.2) is 58.5 Å². The number of carbonyl (C=O) groups excluding carboxylic acids is 2. The summed E-state index contributed by atoms with van der Waals surface area (Å²) >= 11 is 7.36. The van der Waals surface area contributed by atoms with Crippen molar-refractivity contribution in [3.05, 3.63) is 63.9 Å².